The van der Waals surface area contributed by atoms with E-state index in [1.54, 1.807) is 14.2 Å². The predicted octanol–water partition coefficient (Wildman–Crippen LogP) is 8.60. The SMILES string of the molecule is CCCCN(Cc1ccc(OC)c(Br)c1)Cc1c(-c2ccc(OC)cc2)nc(-c2ccccc2)n1CCCC. The summed E-state index contributed by atoms with van der Waals surface area (Å²) in [7, 11) is 3.41. The molecule has 0 atom stereocenters. The van der Waals surface area contributed by atoms with E-state index in [0.29, 0.717) is 0 Å². The van der Waals surface area contributed by atoms with E-state index in [1.807, 2.05) is 18.2 Å². The Bertz CT molecular complexity index is 1320. The van der Waals surface area contributed by atoms with Gasteiger partial charge in [-0.15, -0.1) is 0 Å². The summed E-state index contributed by atoms with van der Waals surface area (Å²) in [6, 6.07) is 25.3. The van der Waals surface area contributed by atoms with E-state index in [-0.39, 0.29) is 0 Å². The number of halogens is 1. The third-order valence-electron chi connectivity index (χ3n) is 7.03. The lowest BCUT2D eigenvalue weighted by Gasteiger charge is -2.24. The molecular formula is C33H40BrN3O2. The van der Waals surface area contributed by atoms with Gasteiger partial charge in [-0.25, -0.2) is 4.98 Å². The minimum Gasteiger partial charge on any atom is -0.497 e. The van der Waals surface area contributed by atoms with E-state index >= 15 is 0 Å². The smallest absolute Gasteiger partial charge is 0.140 e. The fourth-order valence-electron chi connectivity index (χ4n) is 4.87. The molecule has 0 aliphatic carbocycles. The molecule has 0 bridgehead atoms. The fraction of sp³-hybridized carbons (Fsp3) is 0.364. The molecule has 6 heteroatoms. The Labute approximate surface area is 241 Å². The van der Waals surface area contributed by atoms with Crippen LogP contribution in [0, 0.1) is 0 Å². The van der Waals surface area contributed by atoms with Crippen LogP contribution in [0.15, 0.2) is 77.3 Å². The molecular weight excluding hydrogens is 550 g/mol. The second-order valence-corrected chi connectivity index (χ2v) is 10.7. The van der Waals surface area contributed by atoms with Crippen LogP contribution >= 0.6 is 15.9 Å². The molecule has 5 nitrogen and oxygen atoms in total. The Kier molecular flexibility index (Phi) is 10.6. The van der Waals surface area contributed by atoms with Gasteiger partial charge in [0.05, 0.1) is 30.1 Å². The highest BCUT2D eigenvalue weighted by Crippen LogP contribution is 2.33. The van der Waals surface area contributed by atoms with Gasteiger partial charge in [-0.05, 0) is 77.3 Å². The molecule has 1 heterocycles. The number of unbranched alkanes of at least 4 members (excludes halogenated alkanes) is 2. The number of methoxy groups -OCH3 is 2. The van der Waals surface area contributed by atoms with Crippen molar-refractivity contribution in [1.29, 1.82) is 0 Å². The molecule has 0 aliphatic heterocycles. The van der Waals surface area contributed by atoms with Crippen molar-refractivity contribution in [1.82, 2.24) is 14.5 Å². The number of benzene rings is 3. The Morgan fingerprint density at radius 2 is 1.56 bits per heavy atom. The van der Waals surface area contributed by atoms with Crippen molar-refractivity contribution in [3.63, 3.8) is 0 Å². The van der Waals surface area contributed by atoms with Crippen LogP contribution in [0.3, 0.4) is 0 Å². The van der Waals surface area contributed by atoms with Gasteiger partial charge >= 0.3 is 0 Å². The van der Waals surface area contributed by atoms with Crippen molar-refractivity contribution in [2.75, 3.05) is 20.8 Å². The van der Waals surface area contributed by atoms with Gasteiger partial charge in [0.15, 0.2) is 0 Å². The van der Waals surface area contributed by atoms with Gasteiger partial charge in [-0.2, -0.15) is 0 Å². The maximum Gasteiger partial charge on any atom is 0.140 e. The van der Waals surface area contributed by atoms with Crippen LogP contribution in [0.4, 0.5) is 0 Å². The predicted molar refractivity (Wildman–Crippen MR) is 164 cm³/mol. The van der Waals surface area contributed by atoms with Gasteiger partial charge in [-0.3, -0.25) is 4.90 Å². The van der Waals surface area contributed by atoms with Gasteiger partial charge < -0.3 is 14.0 Å². The van der Waals surface area contributed by atoms with Gasteiger partial charge in [0.25, 0.3) is 0 Å². The van der Waals surface area contributed by atoms with Crippen molar-refractivity contribution >= 4 is 15.9 Å². The number of aromatic nitrogens is 2. The molecule has 39 heavy (non-hydrogen) atoms. The first-order valence-electron chi connectivity index (χ1n) is 13.9. The summed E-state index contributed by atoms with van der Waals surface area (Å²) in [6.45, 7) is 8.12. The third kappa shape index (κ3) is 7.31. The number of nitrogens with zero attached hydrogens (tertiary/aromatic N) is 3. The van der Waals surface area contributed by atoms with Gasteiger partial charge in [0.1, 0.15) is 17.3 Å². The van der Waals surface area contributed by atoms with Crippen molar-refractivity contribution < 1.29 is 9.47 Å². The summed E-state index contributed by atoms with van der Waals surface area (Å²) in [6.07, 6.45) is 4.52. The van der Waals surface area contributed by atoms with Gasteiger partial charge in [-0.1, -0.05) is 63.1 Å². The molecule has 0 aliphatic rings. The van der Waals surface area contributed by atoms with E-state index in [2.05, 4.69) is 93.8 Å². The second-order valence-electron chi connectivity index (χ2n) is 9.86. The first-order chi connectivity index (χ1) is 19.1. The van der Waals surface area contributed by atoms with Crippen molar-refractivity contribution in [2.45, 2.75) is 59.2 Å². The minimum absolute atomic E-state index is 0.814. The first-order valence-corrected chi connectivity index (χ1v) is 14.7. The van der Waals surface area contributed by atoms with Crippen LogP contribution in [-0.2, 0) is 19.6 Å². The number of rotatable bonds is 14. The van der Waals surface area contributed by atoms with E-state index in [4.69, 9.17) is 14.5 Å². The summed E-state index contributed by atoms with van der Waals surface area (Å²) in [5.74, 6) is 2.74. The normalized spacial score (nSPS) is 11.2. The molecule has 0 unspecified atom stereocenters. The average Bonchev–Trinajstić information content (AvgIpc) is 3.33. The van der Waals surface area contributed by atoms with Crippen LogP contribution in [-0.4, -0.2) is 35.2 Å². The van der Waals surface area contributed by atoms with E-state index in [0.717, 1.165) is 90.5 Å². The molecule has 4 rings (SSSR count). The molecule has 206 valence electrons. The van der Waals surface area contributed by atoms with E-state index in [1.165, 1.54) is 11.3 Å². The zero-order valence-electron chi connectivity index (χ0n) is 23.6. The van der Waals surface area contributed by atoms with Crippen LogP contribution in [0.5, 0.6) is 11.5 Å². The molecule has 0 saturated heterocycles. The van der Waals surface area contributed by atoms with E-state index in [9.17, 15) is 0 Å². The summed E-state index contributed by atoms with van der Waals surface area (Å²) in [5.41, 5.74) is 5.82. The lowest BCUT2D eigenvalue weighted by atomic mass is 10.1. The summed E-state index contributed by atoms with van der Waals surface area (Å²) in [4.78, 5) is 7.86. The molecule has 0 N–H and O–H groups in total. The number of imidazole rings is 1. The zero-order chi connectivity index (χ0) is 27.6. The van der Waals surface area contributed by atoms with Crippen LogP contribution < -0.4 is 9.47 Å². The quantitative estimate of drug-likeness (QED) is 0.147. The Balaban J connectivity index is 1.79. The third-order valence-corrected chi connectivity index (χ3v) is 7.65. The molecule has 0 radical (unpaired) electrons. The molecule has 0 spiro atoms. The Morgan fingerprint density at radius 3 is 2.21 bits per heavy atom. The summed E-state index contributed by atoms with van der Waals surface area (Å²) < 4.78 is 14.3. The van der Waals surface area contributed by atoms with Gasteiger partial charge in [0.2, 0.25) is 0 Å². The van der Waals surface area contributed by atoms with Gasteiger partial charge in [0, 0.05) is 30.8 Å². The van der Waals surface area contributed by atoms with Crippen LogP contribution in [0.1, 0.15) is 50.8 Å². The molecule has 3 aromatic carbocycles. The molecule has 4 aromatic rings. The fourth-order valence-corrected chi connectivity index (χ4v) is 5.45. The molecule has 0 saturated carbocycles. The summed E-state index contributed by atoms with van der Waals surface area (Å²) in [5, 5.41) is 0. The van der Waals surface area contributed by atoms with Crippen molar-refractivity contribution in [3.05, 3.63) is 88.5 Å². The minimum atomic E-state index is 0.814. The standard InChI is InChI=1S/C33H40BrN3O2/c1-5-7-20-36(23-25-14-19-31(39-4)29(34)22-25)24-30-32(26-15-17-28(38-3)18-16-26)35-33(37(30)21-8-6-2)27-12-10-9-11-13-27/h9-19,22H,5-8,20-21,23-24H2,1-4H3. The summed E-state index contributed by atoms with van der Waals surface area (Å²) >= 11 is 3.67. The van der Waals surface area contributed by atoms with Crippen LogP contribution in [0.2, 0.25) is 0 Å². The highest BCUT2D eigenvalue weighted by Gasteiger charge is 2.22. The molecule has 1 aromatic heterocycles. The highest BCUT2D eigenvalue weighted by atomic mass is 79.9. The average molecular weight is 591 g/mol. The molecule has 0 fully saturated rings. The van der Waals surface area contributed by atoms with Crippen molar-refractivity contribution in [3.8, 4) is 34.1 Å². The first kappa shape index (κ1) is 28.9. The topological polar surface area (TPSA) is 39.5 Å². The molecule has 0 amide bonds. The number of hydrogen-bond acceptors (Lipinski definition) is 4. The lowest BCUT2D eigenvalue weighted by molar-refractivity contribution is 0.246. The van der Waals surface area contributed by atoms with Crippen LogP contribution in [0.25, 0.3) is 22.6 Å². The lowest BCUT2D eigenvalue weighted by Crippen LogP contribution is -2.26. The van der Waals surface area contributed by atoms with Crippen molar-refractivity contribution in [2.24, 2.45) is 0 Å². The monoisotopic (exact) mass is 589 g/mol. The Hall–Kier alpha value is -3.09. The Morgan fingerprint density at radius 1 is 0.821 bits per heavy atom. The maximum atomic E-state index is 5.46. The van der Waals surface area contributed by atoms with E-state index < -0.39 is 0 Å². The maximum absolute atomic E-state index is 5.46. The largest absolute Gasteiger partial charge is 0.497 e. The second kappa shape index (κ2) is 14.3. The zero-order valence-corrected chi connectivity index (χ0v) is 25.2. The highest BCUT2D eigenvalue weighted by molar-refractivity contribution is 9.10. The number of hydrogen-bond donors (Lipinski definition) is 0. The number of ether oxygens (including phenoxy) is 2.